The monoisotopic (exact) mass is 439 g/mol. The molecule has 0 saturated heterocycles. The number of alkyl halides is 3. The van der Waals surface area contributed by atoms with E-state index < -0.39 is 18.6 Å². The van der Waals surface area contributed by atoms with Gasteiger partial charge >= 0.3 is 12.1 Å². The molecule has 0 radical (unpaired) electrons. The summed E-state index contributed by atoms with van der Waals surface area (Å²) in [7, 11) is 3.76. The summed E-state index contributed by atoms with van der Waals surface area (Å²) in [6.45, 7) is -1.03. The number of anilines is 2. The number of amides is 2. The van der Waals surface area contributed by atoms with Gasteiger partial charge in [-0.05, 0) is 42.5 Å². The Morgan fingerprint density at radius 2 is 1.77 bits per heavy atom. The van der Waals surface area contributed by atoms with Crippen LogP contribution in [-0.2, 0) is 4.79 Å². The first-order valence-electron chi connectivity index (χ1n) is 9.05. The SMILES string of the molecule is CN(C)c1cccc(NC(=O)c2ccc(OC/C(=C\F)CNC(=O)C(F)(F)F)cc2)c1. The van der Waals surface area contributed by atoms with Gasteiger partial charge in [-0.3, -0.25) is 9.59 Å². The molecule has 0 aliphatic carbocycles. The Hall–Kier alpha value is -3.56. The molecule has 2 N–H and O–H groups in total. The maximum atomic E-state index is 12.8. The van der Waals surface area contributed by atoms with Gasteiger partial charge in [0.2, 0.25) is 0 Å². The molecule has 0 aliphatic heterocycles. The molecule has 2 aromatic carbocycles. The second-order valence-corrected chi connectivity index (χ2v) is 6.66. The second kappa shape index (κ2) is 10.5. The fourth-order valence-corrected chi connectivity index (χ4v) is 2.36. The molecule has 0 saturated carbocycles. The Kier molecular flexibility index (Phi) is 8.00. The molecule has 0 aliphatic rings. The Bertz CT molecular complexity index is 942. The maximum Gasteiger partial charge on any atom is 0.471 e. The highest BCUT2D eigenvalue weighted by molar-refractivity contribution is 6.04. The van der Waals surface area contributed by atoms with Crippen molar-refractivity contribution in [2.45, 2.75) is 6.18 Å². The molecule has 2 aromatic rings. The number of carbonyl (C=O) groups is 2. The molecule has 0 bridgehead atoms. The summed E-state index contributed by atoms with van der Waals surface area (Å²) >= 11 is 0. The first kappa shape index (κ1) is 23.7. The van der Waals surface area contributed by atoms with Crippen molar-refractivity contribution in [1.29, 1.82) is 0 Å². The van der Waals surface area contributed by atoms with Crippen molar-refractivity contribution < 1.29 is 31.9 Å². The number of hydrogen-bond donors (Lipinski definition) is 2. The van der Waals surface area contributed by atoms with Gasteiger partial charge in [0.15, 0.2) is 0 Å². The van der Waals surface area contributed by atoms with Crippen LogP contribution in [0, 0.1) is 0 Å². The number of halogens is 4. The first-order chi connectivity index (χ1) is 14.6. The molecule has 166 valence electrons. The van der Waals surface area contributed by atoms with Crippen LogP contribution in [-0.4, -0.2) is 45.2 Å². The van der Waals surface area contributed by atoms with Crippen LogP contribution in [0.3, 0.4) is 0 Å². The number of benzene rings is 2. The number of carbonyl (C=O) groups excluding carboxylic acids is 2. The Morgan fingerprint density at radius 1 is 1.10 bits per heavy atom. The zero-order chi connectivity index (χ0) is 23.0. The van der Waals surface area contributed by atoms with Crippen molar-refractivity contribution in [2.75, 3.05) is 37.5 Å². The smallest absolute Gasteiger partial charge is 0.471 e. The molecule has 0 spiro atoms. The molecule has 0 aromatic heterocycles. The van der Waals surface area contributed by atoms with Crippen molar-refractivity contribution in [3.8, 4) is 5.75 Å². The van der Waals surface area contributed by atoms with E-state index in [1.807, 2.05) is 37.2 Å². The number of nitrogens with zero attached hydrogens (tertiary/aromatic N) is 1. The van der Waals surface area contributed by atoms with Gasteiger partial charge < -0.3 is 20.3 Å². The van der Waals surface area contributed by atoms with Crippen molar-refractivity contribution in [3.63, 3.8) is 0 Å². The van der Waals surface area contributed by atoms with Gasteiger partial charge in [0.1, 0.15) is 12.4 Å². The predicted molar refractivity (Wildman–Crippen MR) is 109 cm³/mol. The van der Waals surface area contributed by atoms with E-state index in [-0.39, 0.29) is 30.2 Å². The topological polar surface area (TPSA) is 70.7 Å². The summed E-state index contributed by atoms with van der Waals surface area (Å²) in [6.07, 6.45) is -4.98. The molecular formula is C21H21F4N3O3. The minimum absolute atomic E-state index is 0.0698. The summed E-state index contributed by atoms with van der Waals surface area (Å²) in [4.78, 5) is 25.1. The van der Waals surface area contributed by atoms with E-state index in [4.69, 9.17) is 4.74 Å². The number of nitrogens with one attached hydrogen (secondary N) is 2. The van der Waals surface area contributed by atoms with Crippen LogP contribution in [0.15, 0.2) is 60.4 Å². The molecule has 0 unspecified atom stereocenters. The van der Waals surface area contributed by atoms with Crippen molar-refractivity contribution in [2.24, 2.45) is 0 Å². The lowest BCUT2D eigenvalue weighted by molar-refractivity contribution is -0.173. The average Bonchev–Trinajstić information content (AvgIpc) is 2.73. The minimum Gasteiger partial charge on any atom is -0.489 e. The molecule has 0 fully saturated rings. The lowest BCUT2D eigenvalue weighted by Crippen LogP contribution is -2.38. The third-order valence-electron chi connectivity index (χ3n) is 4.05. The van der Waals surface area contributed by atoms with Gasteiger partial charge in [-0.15, -0.1) is 0 Å². The first-order valence-corrected chi connectivity index (χ1v) is 9.05. The fraction of sp³-hybridized carbons (Fsp3) is 0.238. The van der Waals surface area contributed by atoms with E-state index >= 15 is 0 Å². The summed E-state index contributed by atoms with van der Waals surface area (Å²) in [5.41, 5.74) is 1.70. The van der Waals surface area contributed by atoms with Crippen LogP contribution in [0.4, 0.5) is 28.9 Å². The number of hydrogen-bond acceptors (Lipinski definition) is 4. The van der Waals surface area contributed by atoms with Crippen LogP contribution in [0.1, 0.15) is 10.4 Å². The van der Waals surface area contributed by atoms with Gasteiger partial charge in [-0.1, -0.05) is 6.07 Å². The molecule has 0 atom stereocenters. The highest BCUT2D eigenvalue weighted by Gasteiger charge is 2.38. The predicted octanol–water partition coefficient (Wildman–Crippen LogP) is 3.92. The molecule has 2 amide bonds. The zero-order valence-electron chi connectivity index (χ0n) is 16.8. The highest BCUT2D eigenvalue weighted by atomic mass is 19.4. The molecule has 2 rings (SSSR count). The van der Waals surface area contributed by atoms with E-state index in [0.717, 1.165) is 5.69 Å². The largest absolute Gasteiger partial charge is 0.489 e. The zero-order valence-corrected chi connectivity index (χ0v) is 16.8. The van der Waals surface area contributed by atoms with E-state index in [1.165, 1.54) is 24.3 Å². The Morgan fingerprint density at radius 3 is 2.35 bits per heavy atom. The average molecular weight is 439 g/mol. The normalized spacial score (nSPS) is 11.6. The highest BCUT2D eigenvalue weighted by Crippen LogP contribution is 2.19. The van der Waals surface area contributed by atoms with Crippen LogP contribution < -0.4 is 20.3 Å². The van der Waals surface area contributed by atoms with E-state index in [2.05, 4.69) is 5.32 Å². The third-order valence-corrected chi connectivity index (χ3v) is 4.05. The lowest BCUT2D eigenvalue weighted by Gasteiger charge is -2.14. The van der Waals surface area contributed by atoms with Crippen LogP contribution in [0.25, 0.3) is 0 Å². The second-order valence-electron chi connectivity index (χ2n) is 6.66. The standard InChI is InChI=1S/C21H21F4N3O3/c1-28(2)17-5-3-4-16(10-17)27-19(29)15-6-8-18(9-7-15)31-13-14(11-22)12-26-20(30)21(23,24)25/h3-11H,12-13H2,1-2H3,(H,26,30)(H,27,29)/b14-11-. The van der Waals surface area contributed by atoms with Gasteiger partial charge in [0.25, 0.3) is 5.91 Å². The Labute approximate surface area is 176 Å². The summed E-state index contributed by atoms with van der Waals surface area (Å²) in [5.74, 6) is -2.24. The van der Waals surface area contributed by atoms with Crippen LogP contribution in [0.5, 0.6) is 5.75 Å². The third kappa shape index (κ3) is 7.32. The van der Waals surface area contributed by atoms with E-state index in [1.54, 1.807) is 11.4 Å². The summed E-state index contributed by atoms with van der Waals surface area (Å²) in [5, 5.41) is 4.33. The summed E-state index contributed by atoms with van der Waals surface area (Å²) in [6, 6.07) is 13.2. The van der Waals surface area contributed by atoms with E-state index in [0.29, 0.717) is 11.3 Å². The molecule has 10 heteroatoms. The quantitative estimate of drug-likeness (QED) is 0.612. The Balaban J connectivity index is 1.90. The van der Waals surface area contributed by atoms with Gasteiger partial charge in [0, 0.05) is 43.2 Å². The van der Waals surface area contributed by atoms with Gasteiger partial charge in [-0.25, -0.2) is 4.39 Å². The molecular weight excluding hydrogens is 418 g/mol. The van der Waals surface area contributed by atoms with Gasteiger partial charge in [-0.2, -0.15) is 13.2 Å². The number of rotatable bonds is 8. The lowest BCUT2D eigenvalue weighted by atomic mass is 10.2. The van der Waals surface area contributed by atoms with Gasteiger partial charge in [0.05, 0.1) is 6.33 Å². The van der Waals surface area contributed by atoms with Crippen LogP contribution in [0.2, 0.25) is 0 Å². The van der Waals surface area contributed by atoms with Crippen molar-refractivity contribution in [3.05, 3.63) is 66.0 Å². The molecule has 6 nitrogen and oxygen atoms in total. The summed E-state index contributed by atoms with van der Waals surface area (Å²) < 4.78 is 54.6. The van der Waals surface area contributed by atoms with Crippen LogP contribution >= 0.6 is 0 Å². The van der Waals surface area contributed by atoms with Crippen molar-refractivity contribution >= 4 is 23.2 Å². The fourth-order valence-electron chi connectivity index (χ4n) is 2.36. The minimum atomic E-state index is -5.05. The van der Waals surface area contributed by atoms with E-state index in [9.17, 15) is 27.2 Å². The van der Waals surface area contributed by atoms with Crippen molar-refractivity contribution in [1.82, 2.24) is 5.32 Å². The molecule has 0 heterocycles. The molecule has 31 heavy (non-hydrogen) atoms. The number of ether oxygens (including phenoxy) is 1. The maximum absolute atomic E-state index is 12.8.